The maximum atomic E-state index is 14.2. The predicted octanol–water partition coefficient (Wildman–Crippen LogP) is 4.64. The third-order valence-corrected chi connectivity index (χ3v) is 4.75. The van der Waals surface area contributed by atoms with E-state index in [1.807, 2.05) is 27.7 Å². The third-order valence-electron chi connectivity index (χ3n) is 4.75. The molecule has 0 saturated carbocycles. The maximum Gasteiger partial charge on any atom is 0.492 e. The lowest BCUT2D eigenvalue weighted by atomic mass is 9.77. The van der Waals surface area contributed by atoms with Gasteiger partial charge in [0.25, 0.3) is 0 Å². The first-order valence-corrected chi connectivity index (χ1v) is 9.29. The number of benzene rings is 1. The van der Waals surface area contributed by atoms with Gasteiger partial charge in [0.1, 0.15) is 11.4 Å². The van der Waals surface area contributed by atoms with Crippen LogP contribution >= 0.6 is 0 Å². The Bertz CT molecular complexity index is 803. The van der Waals surface area contributed by atoms with Crippen molar-refractivity contribution in [1.82, 2.24) is 5.32 Å². The summed E-state index contributed by atoms with van der Waals surface area (Å²) in [5.41, 5.74) is -2.16. The van der Waals surface area contributed by atoms with E-state index in [2.05, 4.69) is 5.32 Å². The number of halogens is 3. The van der Waals surface area contributed by atoms with Gasteiger partial charge in [0.05, 0.1) is 11.2 Å². The second kappa shape index (κ2) is 8.03. The zero-order valence-corrected chi connectivity index (χ0v) is 17.8. The molecule has 1 N–H and O–H groups in total. The fourth-order valence-electron chi connectivity index (χ4n) is 2.57. The molecule has 1 heterocycles. The summed E-state index contributed by atoms with van der Waals surface area (Å²) >= 11 is 0. The summed E-state index contributed by atoms with van der Waals surface area (Å²) in [5, 5.41) is 2.54. The van der Waals surface area contributed by atoms with E-state index in [1.54, 1.807) is 20.8 Å². The zero-order chi connectivity index (χ0) is 22.2. The van der Waals surface area contributed by atoms with E-state index in [0.717, 1.165) is 6.07 Å². The molecule has 1 aromatic rings. The van der Waals surface area contributed by atoms with Crippen LogP contribution in [0.3, 0.4) is 0 Å². The van der Waals surface area contributed by atoms with Gasteiger partial charge in [0.2, 0.25) is 0 Å². The molecule has 0 bridgehead atoms. The van der Waals surface area contributed by atoms with Crippen LogP contribution in [-0.2, 0) is 14.0 Å². The SMILES string of the molecule is CC(C)(C)OC(=O)NCC(=Cc1cc(F)cc(F)c1F)B1OC(C)(C)C(C)(C)O1. The van der Waals surface area contributed by atoms with Crippen LogP contribution in [0.4, 0.5) is 18.0 Å². The molecule has 160 valence electrons. The first-order valence-electron chi connectivity index (χ1n) is 9.29. The molecule has 1 aromatic carbocycles. The average molecular weight is 413 g/mol. The first-order chi connectivity index (χ1) is 13.1. The highest BCUT2D eigenvalue weighted by Crippen LogP contribution is 2.39. The molecule has 1 aliphatic rings. The van der Waals surface area contributed by atoms with Crippen LogP contribution < -0.4 is 5.32 Å². The number of hydrogen-bond acceptors (Lipinski definition) is 4. The van der Waals surface area contributed by atoms with Crippen molar-refractivity contribution in [1.29, 1.82) is 0 Å². The minimum Gasteiger partial charge on any atom is -0.444 e. The van der Waals surface area contributed by atoms with Crippen molar-refractivity contribution in [2.45, 2.75) is 65.3 Å². The smallest absolute Gasteiger partial charge is 0.444 e. The van der Waals surface area contributed by atoms with Crippen LogP contribution in [0.15, 0.2) is 17.6 Å². The lowest BCUT2D eigenvalue weighted by Crippen LogP contribution is -2.41. The van der Waals surface area contributed by atoms with E-state index in [1.165, 1.54) is 6.08 Å². The molecule has 0 aromatic heterocycles. The van der Waals surface area contributed by atoms with Gasteiger partial charge in [-0.15, -0.1) is 0 Å². The molecule has 0 unspecified atom stereocenters. The lowest BCUT2D eigenvalue weighted by Gasteiger charge is -2.32. The van der Waals surface area contributed by atoms with Gasteiger partial charge >= 0.3 is 13.2 Å². The molecule has 9 heteroatoms. The predicted molar refractivity (Wildman–Crippen MR) is 105 cm³/mol. The Hall–Kier alpha value is -2.00. The van der Waals surface area contributed by atoms with E-state index in [0.29, 0.717) is 6.07 Å². The molecule has 2 rings (SSSR count). The molecular weight excluding hydrogens is 386 g/mol. The summed E-state index contributed by atoms with van der Waals surface area (Å²) < 4.78 is 58.5. The molecule has 0 radical (unpaired) electrons. The van der Waals surface area contributed by atoms with Gasteiger partial charge < -0.3 is 19.4 Å². The molecule has 0 aliphatic carbocycles. The number of nitrogens with one attached hydrogen (secondary N) is 1. The largest absolute Gasteiger partial charge is 0.492 e. The standard InChI is InChI=1S/C20H27BF3NO4/c1-18(2,3)27-17(26)25-11-13(21-28-19(4,5)20(6,7)29-21)8-12-9-14(22)10-15(23)16(12)24/h8-10H,11H2,1-7H3,(H,25,26). The fraction of sp³-hybridized carbons (Fsp3) is 0.550. The monoisotopic (exact) mass is 413 g/mol. The fourth-order valence-corrected chi connectivity index (χ4v) is 2.57. The summed E-state index contributed by atoms with van der Waals surface area (Å²) in [6.07, 6.45) is 0.506. The van der Waals surface area contributed by atoms with Gasteiger partial charge in [-0.2, -0.15) is 0 Å². The van der Waals surface area contributed by atoms with Gasteiger partial charge in [-0.25, -0.2) is 18.0 Å². The topological polar surface area (TPSA) is 56.8 Å². The number of carbonyl (C=O) groups is 1. The maximum absolute atomic E-state index is 14.2. The number of rotatable bonds is 4. The van der Waals surface area contributed by atoms with Gasteiger partial charge in [0.15, 0.2) is 11.6 Å². The van der Waals surface area contributed by atoms with Gasteiger partial charge in [-0.05, 0) is 60.0 Å². The van der Waals surface area contributed by atoms with Crippen LogP contribution in [0.1, 0.15) is 54.0 Å². The van der Waals surface area contributed by atoms with Crippen LogP contribution in [0.25, 0.3) is 6.08 Å². The van der Waals surface area contributed by atoms with Crippen molar-refractivity contribution in [3.63, 3.8) is 0 Å². The highest BCUT2D eigenvalue weighted by molar-refractivity contribution is 6.56. The van der Waals surface area contributed by atoms with E-state index in [-0.39, 0.29) is 17.6 Å². The molecule has 29 heavy (non-hydrogen) atoms. The number of amides is 1. The quantitative estimate of drug-likeness (QED) is 0.577. The second-order valence-corrected chi connectivity index (χ2v) is 8.95. The average Bonchev–Trinajstić information content (AvgIpc) is 2.74. The summed E-state index contributed by atoms with van der Waals surface area (Å²) in [4.78, 5) is 12.0. The molecule has 1 aliphatic heterocycles. The van der Waals surface area contributed by atoms with Crippen LogP contribution in [-0.4, -0.2) is 36.6 Å². The Labute approximate surface area is 169 Å². The van der Waals surface area contributed by atoms with E-state index in [9.17, 15) is 18.0 Å². The Balaban J connectivity index is 2.35. The van der Waals surface area contributed by atoms with Gasteiger partial charge in [0, 0.05) is 18.2 Å². The second-order valence-electron chi connectivity index (χ2n) is 8.95. The minimum absolute atomic E-state index is 0.136. The highest BCUT2D eigenvalue weighted by Gasteiger charge is 2.52. The molecule has 5 nitrogen and oxygen atoms in total. The Morgan fingerprint density at radius 1 is 1.14 bits per heavy atom. The normalized spacial score (nSPS) is 18.7. The summed E-state index contributed by atoms with van der Waals surface area (Å²) in [5.74, 6) is -3.45. The van der Waals surface area contributed by atoms with Crippen molar-refractivity contribution in [3.8, 4) is 0 Å². The van der Waals surface area contributed by atoms with Crippen molar-refractivity contribution in [2.75, 3.05) is 6.54 Å². The third kappa shape index (κ3) is 5.76. The molecular formula is C20H27BF3NO4. The number of alkyl carbamates (subject to hydrolysis) is 1. The molecule has 1 amide bonds. The van der Waals surface area contributed by atoms with Crippen molar-refractivity contribution in [2.24, 2.45) is 0 Å². The highest BCUT2D eigenvalue weighted by atomic mass is 19.2. The number of carbonyl (C=O) groups excluding carboxylic acids is 1. The molecule has 0 atom stereocenters. The lowest BCUT2D eigenvalue weighted by molar-refractivity contribution is 0.00578. The van der Waals surface area contributed by atoms with Crippen molar-refractivity contribution >= 4 is 19.3 Å². The first kappa shape index (κ1) is 23.3. The van der Waals surface area contributed by atoms with Crippen molar-refractivity contribution < 1.29 is 32.0 Å². The summed E-state index contributed by atoms with van der Waals surface area (Å²) in [6, 6.07) is 1.32. The van der Waals surface area contributed by atoms with Crippen molar-refractivity contribution in [3.05, 3.63) is 40.6 Å². The zero-order valence-electron chi connectivity index (χ0n) is 17.8. The van der Waals surface area contributed by atoms with Crippen LogP contribution in [0, 0.1) is 17.5 Å². The molecule has 1 fully saturated rings. The van der Waals surface area contributed by atoms with E-state index in [4.69, 9.17) is 14.0 Å². The minimum atomic E-state index is -1.32. The summed E-state index contributed by atoms with van der Waals surface area (Å²) in [6.45, 7) is 12.3. The Morgan fingerprint density at radius 3 is 2.21 bits per heavy atom. The summed E-state index contributed by atoms with van der Waals surface area (Å²) in [7, 11) is -0.958. The van der Waals surface area contributed by atoms with Gasteiger partial charge in [-0.1, -0.05) is 6.08 Å². The van der Waals surface area contributed by atoms with Crippen LogP contribution in [0.2, 0.25) is 0 Å². The number of hydrogen-bond donors (Lipinski definition) is 1. The van der Waals surface area contributed by atoms with Gasteiger partial charge in [-0.3, -0.25) is 0 Å². The molecule has 1 saturated heterocycles. The van der Waals surface area contributed by atoms with E-state index >= 15 is 0 Å². The Morgan fingerprint density at radius 2 is 1.69 bits per heavy atom. The van der Waals surface area contributed by atoms with E-state index < -0.39 is 47.5 Å². The van der Waals surface area contributed by atoms with Crippen LogP contribution in [0.5, 0.6) is 0 Å². The number of ether oxygens (including phenoxy) is 1. The molecule has 0 spiro atoms. The Kier molecular flexibility index (Phi) is 6.45.